The van der Waals surface area contributed by atoms with E-state index in [9.17, 15) is 9.90 Å². The van der Waals surface area contributed by atoms with Gasteiger partial charge in [-0.1, -0.05) is 6.07 Å². The molecule has 0 aromatic heterocycles. The normalized spacial score (nSPS) is 20.4. The lowest BCUT2D eigenvalue weighted by Gasteiger charge is -2.37. The molecule has 1 aliphatic heterocycles. The lowest BCUT2D eigenvalue weighted by atomic mass is 10.1. The molecule has 0 bridgehead atoms. The summed E-state index contributed by atoms with van der Waals surface area (Å²) in [5, 5.41) is 10.0. The van der Waals surface area contributed by atoms with Gasteiger partial charge in [-0.3, -0.25) is 4.79 Å². The van der Waals surface area contributed by atoms with Crippen molar-refractivity contribution in [3.05, 3.63) is 23.8 Å². The highest BCUT2D eigenvalue weighted by Crippen LogP contribution is 2.30. The zero-order chi connectivity index (χ0) is 14.0. The summed E-state index contributed by atoms with van der Waals surface area (Å²) in [7, 11) is 3.52. The van der Waals surface area contributed by atoms with E-state index in [-0.39, 0.29) is 11.7 Å². The zero-order valence-corrected chi connectivity index (χ0v) is 11.6. The van der Waals surface area contributed by atoms with Gasteiger partial charge < -0.3 is 19.6 Å². The first-order valence-electron chi connectivity index (χ1n) is 6.40. The van der Waals surface area contributed by atoms with Gasteiger partial charge >= 0.3 is 0 Å². The fourth-order valence-corrected chi connectivity index (χ4v) is 2.26. The third-order valence-electron chi connectivity index (χ3n) is 3.70. The van der Waals surface area contributed by atoms with Crippen LogP contribution in [0.5, 0.6) is 11.5 Å². The molecule has 1 N–H and O–H groups in total. The number of likely N-dealkylation sites (N-methyl/N-ethyl adjacent to an activating group) is 1. The van der Waals surface area contributed by atoms with Crippen molar-refractivity contribution in [2.75, 3.05) is 33.8 Å². The Morgan fingerprint density at radius 1 is 1.42 bits per heavy atom. The van der Waals surface area contributed by atoms with Crippen LogP contribution in [0, 0.1) is 0 Å². The van der Waals surface area contributed by atoms with Crippen LogP contribution in [0.25, 0.3) is 0 Å². The molecule has 1 saturated heterocycles. The first-order chi connectivity index (χ1) is 9.04. The van der Waals surface area contributed by atoms with E-state index in [0.717, 1.165) is 6.54 Å². The molecule has 5 heteroatoms. The van der Waals surface area contributed by atoms with E-state index in [0.29, 0.717) is 30.4 Å². The van der Waals surface area contributed by atoms with E-state index >= 15 is 0 Å². The Bertz CT molecular complexity index is 476. The smallest absolute Gasteiger partial charge is 0.257 e. The highest BCUT2D eigenvalue weighted by atomic mass is 16.5. The molecule has 5 nitrogen and oxygen atoms in total. The summed E-state index contributed by atoms with van der Waals surface area (Å²) >= 11 is 0. The molecule has 0 saturated carbocycles. The number of carbonyl (C=O) groups excluding carboxylic acids is 1. The molecular formula is C14H20N2O3. The topological polar surface area (TPSA) is 53.0 Å². The number of hydrogen-bond acceptors (Lipinski definition) is 4. The molecule has 0 radical (unpaired) electrons. The Labute approximate surface area is 113 Å². The third kappa shape index (κ3) is 2.66. The molecule has 1 atom stereocenters. The summed E-state index contributed by atoms with van der Waals surface area (Å²) in [6.45, 7) is 4.28. The molecule has 1 fully saturated rings. The fourth-order valence-electron chi connectivity index (χ4n) is 2.26. The van der Waals surface area contributed by atoms with Crippen molar-refractivity contribution in [2.24, 2.45) is 0 Å². The van der Waals surface area contributed by atoms with E-state index in [1.807, 2.05) is 0 Å². The maximum Gasteiger partial charge on any atom is 0.257 e. The number of phenols is 1. The highest BCUT2D eigenvalue weighted by molar-refractivity contribution is 5.97. The standard InChI is InChI=1S/C14H20N2O3/c1-10-9-16(8-7-15(10)2)14(18)11-5-4-6-12(19-3)13(11)17/h4-6,10,17H,7-9H2,1-3H3. The molecule has 1 aromatic carbocycles. The average molecular weight is 264 g/mol. The number of rotatable bonds is 2. The predicted molar refractivity (Wildman–Crippen MR) is 72.7 cm³/mol. The second kappa shape index (κ2) is 5.48. The number of hydrogen-bond donors (Lipinski definition) is 1. The average Bonchev–Trinajstić information content (AvgIpc) is 2.41. The number of nitrogens with zero attached hydrogens (tertiary/aromatic N) is 2. The molecule has 0 aliphatic carbocycles. The number of para-hydroxylation sites is 1. The van der Waals surface area contributed by atoms with E-state index in [4.69, 9.17) is 4.74 Å². The van der Waals surface area contributed by atoms with Gasteiger partial charge in [0, 0.05) is 25.7 Å². The van der Waals surface area contributed by atoms with Crippen LogP contribution in [0.3, 0.4) is 0 Å². The molecule has 1 aromatic rings. The Morgan fingerprint density at radius 2 is 2.16 bits per heavy atom. The maximum atomic E-state index is 12.4. The van der Waals surface area contributed by atoms with Crippen molar-refractivity contribution in [1.29, 1.82) is 0 Å². The summed E-state index contributed by atoms with van der Waals surface area (Å²) in [6.07, 6.45) is 0. The van der Waals surface area contributed by atoms with E-state index in [2.05, 4.69) is 18.9 Å². The number of benzene rings is 1. The summed E-state index contributed by atoms with van der Waals surface area (Å²) in [5.74, 6) is 0.103. The lowest BCUT2D eigenvalue weighted by Crippen LogP contribution is -2.52. The highest BCUT2D eigenvalue weighted by Gasteiger charge is 2.27. The molecule has 2 rings (SSSR count). The largest absolute Gasteiger partial charge is 0.504 e. The summed E-state index contributed by atoms with van der Waals surface area (Å²) < 4.78 is 5.03. The molecular weight excluding hydrogens is 244 g/mol. The fraction of sp³-hybridized carbons (Fsp3) is 0.500. The number of aromatic hydroxyl groups is 1. The lowest BCUT2D eigenvalue weighted by molar-refractivity contribution is 0.0569. The summed E-state index contributed by atoms with van der Waals surface area (Å²) in [6, 6.07) is 5.30. The molecule has 19 heavy (non-hydrogen) atoms. The maximum absolute atomic E-state index is 12.4. The molecule has 1 aliphatic rings. The molecule has 1 amide bonds. The van der Waals surface area contributed by atoms with Crippen LogP contribution in [-0.2, 0) is 0 Å². The van der Waals surface area contributed by atoms with Crippen molar-refractivity contribution in [1.82, 2.24) is 9.80 Å². The summed E-state index contributed by atoms with van der Waals surface area (Å²) in [5.41, 5.74) is 0.302. The number of carbonyl (C=O) groups is 1. The number of amides is 1. The first-order valence-corrected chi connectivity index (χ1v) is 6.40. The van der Waals surface area contributed by atoms with Crippen LogP contribution in [0.2, 0.25) is 0 Å². The minimum atomic E-state index is -0.142. The van der Waals surface area contributed by atoms with Crippen LogP contribution in [-0.4, -0.2) is 60.6 Å². The van der Waals surface area contributed by atoms with Crippen LogP contribution in [0.4, 0.5) is 0 Å². The summed E-state index contributed by atoms with van der Waals surface area (Å²) in [4.78, 5) is 16.4. The Kier molecular flexibility index (Phi) is 3.95. The van der Waals surface area contributed by atoms with Gasteiger partial charge in [-0.05, 0) is 26.1 Å². The van der Waals surface area contributed by atoms with Gasteiger partial charge in [0.15, 0.2) is 11.5 Å². The quantitative estimate of drug-likeness (QED) is 0.871. The Hall–Kier alpha value is -1.75. The number of methoxy groups -OCH3 is 1. The second-order valence-corrected chi connectivity index (χ2v) is 4.94. The van der Waals surface area contributed by atoms with Gasteiger partial charge in [0.2, 0.25) is 0 Å². The third-order valence-corrected chi connectivity index (χ3v) is 3.70. The van der Waals surface area contributed by atoms with Crippen molar-refractivity contribution >= 4 is 5.91 Å². The van der Waals surface area contributed by atoms with Crippen molar-refractivity contribution in [3.63, 3.8) is 0 Å². The molecule has 104 valence electrons. The Morgan fingerprint density at radius 3 is 2.79 bits per heavy atom. The first kappa shape index (κ1) is 13.7. The van der Waals surface area contributed by atoms with Crippen LogP contribution in [0.1, 0.15) is 17.3 Å². The number of piperazine rings is 1. The van der Waals surface area contributed by atoms with Crippen molar-refractivity contribution < 1.29 is 14.6 Å². The van der Waals surface area contributed by atoms with Gasteiger partial charge in [-0.25, -0.2) is 0 Å². The van der Waals surface area contributed by atoms with Crippen LogP contribution in [0.15, 0.2) is 18.2 Å². The van der Waals surface area contributed by atoms with Crippen molar-refractivity contribution in [3.8, 4) is 11.5 Å². The number of ether oxygens (including phenoxy) is 1. The minimum absolute atomic E-state index is 0.0819. The van der Waals surface area contributed by atoms with Crippen LogP contribution < -0.4 is 4.74 Å². The molecule has 1 heterocycles. The number of phenolic OH excluding ortho intramolecular Hbond substituents is 1. The monoisotopic (exact) mass is 264 g/mol. The van der Waals surface area contributed by atoms with Crippen molar-refractivity contribution in [2.45, 2.75) is 13.0 Å². The minimum Gasteiger partial charge on any atom is -0.504 e. The second-order valence-electron chi connectivity index (χ2n) is 4.94. The van der Waals surface area contributed by atoms with Gasteiger partial charge in [0.25, 0.3) is 5.91 Å². The Balaban J connectivity index is 2.20. The van der Waals surface area contributed by atoms with Gasteiger partial charge in [-0.2, -0.15) is 0 Å². The zero-order valence-electron chi connectivity index (χ0n) is 11.6. The van der Waals surface area contributed by atoms with Gasteiger partial charge in [0.05, 0.1) is 12.7 Å². The van der Waals surface area contributed by atoms with Crippen LogP contribution >= 0.6 is 0 Å². The molecule has 1 unspecified atom stereocenters. The van der Waals surface area contributed by atoms with Gasteiger partial charge in [-0.15, -0.1) is 0 Å². The van der Waals surface area contributed by atoms with E-state index in [1.165, 1.54) is 7.11 Å². The van der Waals surface area contributed by atoms with E-state index < -0.39 is 0 Å². The predicted octanol–water partition coefficient (Wildman–Crippen LogP) is 1.18. The SMILES string of the molecule is COc1cccc(C(=O)N2CCN(C)C(C)C2)c1O. The molecule has 0 spiro atoms. The van der Waals surface area contributed by atoms with Gasteiger partial charge in [0.1, 0.15) is 0 Å². The van der Waals surface area contributed by atoms with E-state index in [1.54, 1.807) is 23.1 Å².